The summed E-state index contributed by atoms with van der Waals surface area (Å²) < 4.78 is 9.92. The number of carbonyl (C=O) groups excluding carboxylic acids is 2. The number of hydrogen-bond donors (Lipinski definition) is 0. The van der Waals surface area contributed by atoms with Crippen molar-refractivity contribution in [1.82, 2.24) is 0 Å². The van der Waals surface area contributed by atoms with Gasteiger partial charge in [-0.05, 0) is 55.8 Å². The van der Waals surface area contributed by atoms with Gasteiger partial charge in [-0.1, -0.05) is 24.3 Å². The van der Waals surface area contributed by atoms with Gasteiger partial charge in [0.25, 0.3) is 0 Å². The van der Waals surface area contributed by atoms with E-state index in [1.54, 1.807) is 38.5 Å². The Morgan fingerprint density at radius 2 is 1.04 bits per heavy atom. The lowest BCUT2D eigenvalue weighted by molar-refractivity contribution is -0.106. The first kappa shape index (κ1) is 25.0. The molecule has 0 aliphatic carbocycles. The van der Waals surface area contributed by atoms with E-state index >= 15 is 0 Å². The molecule has 0 aliphatic heterocycles. The molecule has 140 valence electrons. The van der Waals surface area contributed by atoms with Crippen molar-refractivity contribution in [3.05, 3.63) is 75.7 Å². The number of carbonyl (C=O) groups is 2. The van der Waals surface area contributed by atoms with Crippen LogP contribution < -0.4 is 9.47 Å². The lowest BCUT2D eigenvalue weighted by Crippen LogP contribution is -1.82. The van der Waals surface area contributed by atoms with Crippen LogP contribution in [0.15, 0.2) is 54.6 Å². The first-order chi connectivity index (χ1) is 12.6. The van der Waals surface area contributed by atoms with Crippen molar-refractivity contribution in [2.24, 2.45) is 0 Å². The fourth-order valence-corrected chi connectivity index (χ4v) is 1.59. The maximum atomic E-state index is 10.2. The quantitative estimate of drug-likeness (QED) is 0.746. The van der Waals surface area contributed by atoms with E-state index in [0.29, 0.717) is 5.56 Å². The molecule has 0 atom stereocenters. The minimum Gasteiger partial charge on any atom is -0.497 e. The molecule has 0 aliphatic rings. The summed E-state index contributed by atoms with van der Waals surface area (Å²) in [5.74, 6) is 1.67. The molecule has 0 spiro atoms. The summed E-state index contributed by atoms with van der Waals surface area (Å²) in [6.07, 6.45) is 5.63. The SMILES string of the molecule is C/C=C/c1ccc(OC)cc1.CC=O.COc1ccc(C=O)cc1.O=O. The highest BCUT2D eigenvalue weighted by Crippen LogP contribution is 2.12. The van der Waals surface area contributed by atoms with Crippen molar-refractivity contribution < 1.29 is 19.1 Å². The van der Waals surface area contributed by atoms with Gasteiger partial charge >= 0.3 is 0 Å². The summed E-state index contributed by atoms with van der Waals surface area (Å²) in [6, 6.07) is 14.9. The zero-order chi connectivity index (χ0) is 20.2. The van der Waals surface area contributed by atoms with Crippen LogP contribution >= 0.6 is 0 Å². The van der Waals surface area contributed by atoms with Crippen molar-refractivity contribution in [1.29, 1.82) is 0 Å². The van der Waals surface area contributed by atoms with Gasteiger partial charge in [-0.3, -0.25) is 4.79 Å². The van der Waals surface area contributed by atoms with Gasteiger partial charge in [0.05, 0.1) is 14.2 Å². The molecule has 2 aromatic carbocycles. The molecule has 0 fully saturated rings. The van der Waals surface area contributed by atoms with Crippen LogP contribution in [-0.2, 0) is 4.79 Å². The molecule has 6 nitrogen and oxygen atoms in total. The maximum Gasteiger partial charge on any atom is 0.150 e. The Kier molecular flexibility index (Phi) is 17.3. The Labute approximate surface area is 153 Å². The van der Waals surface area contributed by atoms with Crippen molar-refractivity contribution >= 4 is 18.6 Å². The predicted octanol–water partition coefficient (Wildman–Crippen LogP) is 4.51. The number of benzene rings is 2. The summed E-state index contributed by atoms with van der Waals surface area (Å²) in [7, 11) is 3.26. The predicted molar refractivity (Wildman–Crippen MR) is 105 cm³/mol. The lowest BCUT2D eigenvalue weighted by atomic mass is 10.2. The van der Waals surface area contributed by atoms with Crippen LogP contribution in [0.5, 0.6) is 11.5 Å². The summed E-state index contributed by atoms with van der Waals surface area (Å²) in [6.45, 7) is 3.45. The van der Waals surface area contributed by atoms with Gasteiger partial charge in [-0.2, -0.15) is 0 Å². The molecule has 6 heteroatoms. The summed E-state index contributed by atoms with van der Waals surface area (Å²) in [5.41, 5.74) is 1.87. The van der Waals surface area contributed by atoms with Crippen LogP contribution in [-0.4, -0.2) is 26.8 Å². The minimum atomic E-state index is 0.667. The number of hydrogen-bond acceptors (Lipinski definition) is 6. The van der Waals surface area contributed by atoms with Crippen LogP contribution in [0.4, 0.5) is 0 Å². The van der Waals surface area contributed by atoms with E-state index < -0.39 is 0 Å². The fourth-order valence-electron chi connectivity index (χ4n) is 1.59. The van der Waals surface area contributed by atoms with E-state index in [-0.39, 0.29) is 0 Å². The minimum absolute atomic E-state index is 0.667. The average Bonchev–Trinajstić information content (AvgIpc) is 2.71. The van der Waals surface area contributed by atoms with Gasteiger partial charge in [0.1, 0.15) is 24.1 Å². The molecule has 0 amide bonds. The summed E-state index contributed by atoms with van der Waals surface area (Å²) in [4.78, 5) is 33.0. The number of methoxy groups -OCH3 is 2. The first-order valence-electron chi connectivity index (χ1n) is 7.57. The second kappa shape index (κ2) is 18.1. The third kappa shape index (κ3) is 12.2. The lowest BCUT2D eigenvalue weighted by Gasteiger charge is -1.98. The third-order valence-corrected chi connectivity index (χ3v) is 2.73. The highest BCUT2D eigenvalue weighted by atomic mass is 16.7. The molecular formula is C20H24O6. The monoisotopic (exact) mass is 360 g/mol. The van der Waals surface area contributed by atoms with E-state index in [1.807, 2.05) is 37.3 Å². The fraction of sp³-hybridized carbons (Fsp3) is 0.200. The Bertz CT molecular complexity index is 618. The highest BCUT2D eigenvalue weighted by molar-refractivity contribution is 5.74. The summed E-state index contributed by atoms with van der Waals surface area (Å²) >= 11 is 0. The van der Waals surface area contributed by atoms with Crippen molar-refractivity contribution in [3.8, 4) is 11.5 Å². The Morgan fingerprint density at radius 3 is 1.31 bits per heavy atom. The van der Waals surface area contributed by atoms with Crippen molar-refractivity contribution in [2.75, 3.05) is 14.2 Å². The molecule has 0 saturated heterocycles. The maximum absolute atomic E-state index is 10.2. The second-order valence-corrected chi connectivity index (χ2v) is 4.40. The van der Waals surface area contributed by atoms with E-state index in [0.717, 1.165) is 24.1 Å². The van der Waals surface area contributed by atoms with E-state index in [9.17, 15) is 4.79 Å². The molecule has 0 unspecified atom stereocenters. The van der Waals surface area contributed by atoms with Gasteiger partial charge in [-0.15, -0.1) is 0 Å². The van der Waals surface area contributed by atoms with Crippen LogP contribution in [0.2, 0.25) is 0 Å². The molecule has 2 rings (SSSR count). The number of ether oxygens (including phenoxy) is 2. The average molecular weight is 360 g/mol. The Morgan fingerprint density at radius 1 is 0.692 bits per heavy atom. The van der Waals surface area contributed by atoms with Crippen LogP contribution in [0.3, 0.4) is 0 Å². The zero-order valence-corrected chi connectivity index (χ0v) is 15.4. The molecule has 2 aromatic rings. The van der Waals surface area contributed by atoms with E-state index in [2.05, 4.69) is 6.08 Å². The topological polar surface area (TPSA) is 86.7 Å². The van der Waals surface area contributed by atoms with Crippen LogP contribution in [0.25, 0.3) is 6.08 Å². The largest absolute Gasteiger partial charge is 0.497 e. The highest BCUT2D eigenvalue weighted by Gasteiger charge is 1.89. The van der Waals surface area contributed by atoms with E-state index in [1.165, 1.54) is 12.5 Å². The Hall–Kier alpha value is -3.28. The number of aldehydes is 2. The van der Waals surface area contributed by atoms with Gasteiger partial charge in [0, 0.05) is 15.5 Å². The zero-order valence-electron chi connectivity index (χ0n) is 15.4. The van der Waals surface area contributed by atoms with Crippen LogP contribution in [0, 0.1) is 9.93 Å². The molecule has 0 radical (unpaired) electrons. The van der Waals surface area contributed by atoms with Crippen LogP contribution in [0.1, 0.15) is 29.8 Å². The molecular weight excluding hydrogens is 336 g/mol. The van der Waals surface area contributed by atoms with Gasteiger partial charge < -0.3 is 14.3 Å². The number of rotatable bonds is 4. The van der Waals surface area contributed by atoms with Crippen molar-refractivity contribution in [3.63, 3.8) is 0 Å². The first-order valence-corrected chi connectivity index (χ1v) is 7.57. The molecule has 0 aromatic heterocycles. The van der Waals surface area contributed by atoms with Gasteiger partial charge in [-0.25, -0.2) is 0 Å². The normalized spacial score (nSPS) is 8.46. The van der Waals surface area contributed by atoms with Gasteiger partial charge in [0.2, 0.25) is 0 Å². The molecule has 26 heavy (non-hydrogen) atoms. The number of allylic oxidation sites excluding steroid dienone is 1. The summed E-state index contributed by atoms with van der Waals surface area (Å²) in [5, 5.41) is 0. The van der Waals surface area contributed by atoms with Gasteiger partial charge in [0.15, 0.2) is 0 Å². The van der Waals surface area contributed by atoms with Crippen molar-refractivity contribution in [2.45, 2.75) is 13.8 Å². The molecule has 0 heterocycles. The third-order valence-electron chi connectivity index (χ3n) is 2.73. The molecule has 0 bridgehead atoms. The van der Waals surface area contributed by atoms with E-state index in [4.69, 9.17) is 24.2 Å². The second-order valence-electron chi connectivity index (χ2n) is 4.40. The molecule has 0 N–H and O–H groups in total. The smallest absolute Gasteiger partial charge is 0.150 e. The standard InChI is InChI=1S/C10H12O.C8H8O2.C2H4O.O2/c1-3-4-9-5-7-10(11-2)8-6-9;1-10-8-4-2-7(6-9)3-5-8;1-2-3;1-2/h3-8H,1-2H3;2-6H,1H3;2H,1H3;/b4-3+;;;. The molecule has 0 saturated carbocycles. The Balaban J connectivity index is 0.